The Kier molecular flexibility index (Phi) is 5.32. The molecule has 0 aliphatic rings. The van der Waals surface area contributed by atoms with Crippen molar-refractivity contribution in [3.63, 3.8) is 0 Å². The van der Waals surface area contributed by atoms with Crippen LogP contribution in [0.25, 0.3) is 0 Å². The molecular weight excluding hydrogens is 254 g/mol. The zero-order chi connectivity index (χ0) is 14.2. The Labute approximate surface area is 119 Å². The average molecular weight is 273 g/mol. The van der Waals surface area contributed by atoms with Crippen molar-refractivity contribution in [2.45, 2.75) is 13.5 Å². The van der Waals surface area contributed by atoms with E-state index in [1.54, 1.807) is 19.5 Å². The lowest BCUT2D eigenvalue weighted by atomic mass is 10.3. The van der Waals surface area contributed by atoms with Crippen LogP contribution in [0.2, 0.25) is 0 Å². The van der Waals surface area contributed by atoms with E-state index in [0.29, 0.717) is 13.2 Å². The highest BCUT2D eigenvalue weighted by Crippen LogP contribution is 2.16. The standard InChI is InChI=1S/C15H19N3O2/c1-12-9-18-13(11-17-12)10-16-7-8-20-15-5-3-14(19-2)4-6-15/h3-6,9,11,16H,7-8,10H2,1-2H3. The first-order chi connectivity index (χ1) is 9.78. The molecule has 0 aliphatic carbocycles. The predicted octanol–water partition coefficient (Wildman–Crippen LogP) is 1.96. The normalized spacial score (nSPS) is 10.3. The summed E-state index contributed by atoms with van der Waals surface area (Å²) in [5, 5.41) is 3.26. The molecule has 20 heavy (non-hydrogen) atoms. The first-order valence-electron chi connectivity index (χ1n) is 6.53. The van der Waals surface area contributed by atoms with Crippen molar-refractivity contribution >= 4 is 0 Å². The molecule has 0 saturated carbocycles. The number of ether oxygens (including phenoxy) is 2. The van der Waals surface area contributed by atoms with Gasteiger partial charge in [0.15, 0.2) is 0 Å². The summed E-state index contributed by atoms with van der Waals surface area (Å²) >= 11 is 0. The van der Waals surface area contributed by atoms with Gasteiger partial charge in [-0.1, -0.05) is 0 Å². The molecule has 0 amide bonds. The number of nitrogens with zero attached hydrogens (tertiary/aromatic N) is 2. The maximum absolute atomic E-state index is 5.61. The molecule has 0 bridgehead atoms. The number of benzene rings is 1. The topological polar surface area (TPSA) is 56.3 Å². The van der Waals surface area contributed by atoms with E-state index >= 15 is 0 Å². The quantitative estimate of drug-likeness (QED) is 0.782. The molecule has 5 heteroatoms. The highest BCUT2D eigenvalue weighted by molar-refractivity contribution is 5.31. The first kappa shape index (κ1) is 14.3. The molecule has 0 fully saturated rings. The van der Waals surface area contributed by atoms with Gasteiger partial charge in [-0.25, -0.2) is 0 Å². The fourth-order valence-corrected chi connectivity index (χ4v) is 1.64. The van der Waals surface area contributed by atoms with Gasteiger partial charge in [0.1, 0.15) is 18.1 Å². The van der Waals surface area contributed by atoms with E-state index in [4.69, 9.17) is 9.47 Å². The summed E-state index contributed by atoms with van der Waals surface area (Å²) in [4.78, 5) is 8.47. The molecule has 0 aliphatic heterocycles. The Morgan fingerprint density at radius 3 is 2.45 bits per heavy atom. The summed E-state index contributed by atoms with van der Waals surface area (Å²) in [5.41, 5.74) is 1.86. The first-order valence-corrected chi connectivity index (χ1v) is 6.53. The predicted molar refractivity (Wildman–Crippen MR) is 77.0 cm³/mol. The van der Waals surface area contributed by atoms with Gasteiger partial charge in [-0.15, -0.1) is 0 Å². The third-order valence-corrected chi connectivity index (χ3v) is 2.75. The number of hydrogen-bond donors (Lipinski definition) is 1. The molecule has 0 saturated heterocycles. The second kappa shape index (κ2) is 7.45. The van der Waals surface area contributed by atoms with Gasteiger partial charge in [0.2, 0.25) is 0 Å². The minimum atomic E-state index is 0.603. The molecule has 0 spiro atoms. The smallest absolute Gasteiger partial charge is 0.119 e. The molecule has 2 rings (SSSR count). The van der Waals surface area contributed by atoms with Crippen molar-refractivity contribution in [1.29, 1.82) is 0 Å². The van der Waals surface area contributed by atoms with Crippen LogP contribution in [0.1, 0.15) is 11.4 Å². The lowest BCUT2D eigenvalue weighted by Crippen LogP contribution is -2.21. The molecule has 1 N–H and O–H groups in total. The molecule has 1 heterocycles. The summed E-state index contributed by atoms with van der Waals surface area (Å²) in [6, 6.07) is 7.55. The lowest BCUT2D eigenvalue weighted by Gasteiger charge is -2.08. The zero-order valence-corrected chi connectivity index (χ0v) is 11.8. The number of methoxy groups -OCH3 is 1. The van der Waals surface area contributed by atoms with Gasteiger partial charge in [-0.05, 0) is 31.2 Å². The zero-order valence-electron chi connectivity index (χ0n) is 11.8. The maximum atomic E-state index is 5.61. The minimum Gasteiger partial charge on any atom is -0.497 e. The molecule has 2 aromatic rings. The van der Waals surface area contributed by atoms with Crippen molar-refractivity contribution in [3.05, 3.63) is 48.0 Å². The largest absolute Gasteiger partial charge is 0.497 e. The Hall–Kier alpha value is -2.14. The van der Waals surface area contributed by atoms with E-state index in [1.807, 2.05) is 31.2 Å². The van der Waals surface area contributed by atoms with Crippen LogP contribution in [0.5, 0.6) is 11.5 Å². The fourth-order valence-electron chi connectivity index (χ4n) is 1.64. The third kappa shape index (κ3) is 4.51. The van der Waals surface area contributed by atoms with E-state index in [0.717, 1.165) is 29.4 Å². The highest BCUT2D eigenvalue weighted by atomic mass is 16.5. The minimum absolute atomic E-state index is 0.603. The molecule has 0 radical (unpaired) electrons. The second-order valence-corrected chi connectivity index (χ2v) is 4.35. The van der Waals surface area contributed by atoms with E-state index in [9.17, 15) is 0 Å². The van der Waals surface area contributed by atoms with Gasteiger partial charge in [-0.3, -0.25) is 9.97 Å². The van der Waals surface area contributed by atoms with Gasteiger partial charge in [0.25, 0.3) is 0 Å². The van der Waals surface area contributed by atoms with Crippen molar-refractivity contribution in [1.82, 2.24) is 15.3 Å². The maximum Gasteiger partial charge on any atom is 0.119 e. The molecule has 106 valence electrons. The van der Waals surface area contributed by atoms with Gasteiger partial charge in [0, 0.05) is 25.5 Å². The SMILES string of the molecule is COc1ccc(OCCNCc2cnc(C)cn2)cc1. The summed E-state index contributed by atoms with van der Waals surface area (Å²) in [6.45, 7) is 3.97. The van der Waals surface area contributed by atoms with Gasteiger partial charge >= 0.3 is 0 Å². The number of hydrogen-bond acceptors (Lipinski definition) is 5. The van der Waals surface area contributed by atoms with Crippen LogP contribution in [0.15, 0.2) is 36.7 Å². The van der Waals surface area contributed by atoms with E-state index in [2.05, 4.69) is 15.3 Å². The van der Waals surface area contributed by atoms with E-state index < -0.39 is 0 Å². The number of aromatic nitrogens is 2. The van der Waals surface area contributed by atoms with Crippen LogP contribution in [-0.2, 0) is 6.54 Å². The molecule has 1 aromatic carbocycles. The summed E-state index contributed by atoms with van der Waals surface area (Å²) < 4.78 is 10.7. The van der Waals surface area contributed by atoms with Crippen molar-refractivity contribution < 1.29 is 9.47 Å². The Morgan fingerprint density at radius 1 is 1.05 bits per heavy atom. The number of nitrogens with one attached hydrogen (secondary N) is 1. The van der Waals surface area contributed by atoms with Gasteiger partial charge in [-0.2, -0.15) is 0 Å². The number of aryl methyl sites for hydroxylation is 1. The summed E-state index contributed by atoms with van der Waals surface area (Å²) in [7, 11) is 1.65. The number of rotatable bonds is 7. The van der Waals surface area contributed by atoms with Crippen molar-refractivity contribution in [3.8, 4) is 11.5 Å². The third-order valence-electron chi connectivity index (χ3n) is 2.75. The van der Waals surface area contributed by atoms with Crippen LogP contribution in [-0.4, -0.2) is 30.2 Å². The van der Waals surface area contributed by atoms with Crippen LogP contribution in [0.3, 0.4) is 0 Å². The van der Waals surface area contributed by atoms with Gasteiger partial charge in [0.05, 0.1) is 18.5 Å². The van der Waals surface area contributed by atoms with Crippen molar-refractivity contribution in [2.75, 3.05) is 20.3 Å². The molecule has 0 unspecified atom stereocenters. The summed E-state index contributed by atoms with van der Waals surface area (Å²) in [5.74, 6) is 1.66. The molecular formula is C15H19N3O2. The van der Waals surface area contributed by atoms with Crippen LogP contribution >= 0.6 is 0 Å². The Balaban J connectivity index is 1.64. The lowest BCUT2D eigenvalue weighted by molar-refractivity contribution is 0.312. The molecule has 5 nitrogen and oxygen atoms in total. The van der Waals surface area contributed by atoms with E-state index in [-0.39, 0.29) is 0 Å². The van der Waals surface area contributed by atoms with Gasteiger partial charge < -0.3 is 14.8 Å². The molecule has 1 aromatic heterocycles. The van der Waals surface area contributed by atoms with Crippen LogP contribution in [0.4, 0.5) is 0 Å². The summed E-state index contributed by atoms with van der Waals surface area (Å²) in [6.07, 6.45) is 3.55. The molecule has 0 atom stereocenters. The average Bonchev–Trinajstić information content (AvgIpc) is 2.49. The Morgan fingerprint density at radius 2 is 1.80 bits per heavy atom. The highest BCUT2D eigenvalue weighted by Gasteiger charge is 1.97. The van der Waals surface area contributed by atoms with Crippen LogP contribution < -0.4 is 14.8 Å². The fraction of sp³-hybridized carbons (Fsp3) is 0.333. The second-order valence-electron chi connectivity index (χ2n) is 4.35. The monoisotopic (exact) mass is 273 g/mol. The van der Waals surface area contributed by atoms with Crippen molar-refractivity contribution in [2.24, 2.45) is 0 Å². The Bertz CT molecular complexity index is 512. The van der Waals surface area contributed by atoms with Crippen LogP contribution in [0, 0.1) is 6.92 Å². The van der Waals surface area contributed by atoms with E-state index in [1.165, 1.54) is 0 Å².